The van der Waals surface area contributed by atoms with Crippen LogP contribution in [0.2, 0.25) is 0 Å². The summed E-state index contributed by atoms with van der Waals surface area (Å²) in [6.07, 6.45) is 1.62. The number of carbonyl (C=O) groups is 2. The highest BCUT2D eigenvalue weighted by Crippen LogP contribution is 2.28. The summed E-state index contributed by atoms with van der Waals surface area (Å²) in [6, 6.07) is 4.99. The van der Waals surface area contributed by atoms with Gasteiger partial charge in [0.25, 0.3) is 0 Å². The maximum Gasteiger partial charge on any atom is 0.314 e. The SMILES string of the molecule is CCCN(CCC)C(=O)C(=O)Nc1ccc(OC)cc1OC. The standard InChI is InChI=1S/C16H24N2O4/c1-5-9-18(10-6-2)16(20)15(19)17-13-8-7-12(21-3)11-14(13)22-4/h7-8,11H,5-6,9-10H2,1-4H3,(H,17,19). The van der Waals surface area contributed by atoms with Gasteiger partial charge in [-0.15, -0.1) is 0 Å². The van der Waals surface area contributed by atoms with E-state index in [1.807, 2.05) is 13.8 Å². The lowest BCUT2D eigenvalue weighted by Crippen LogP contribution is -2.40. The van der Waals surface area contributed by atoms with E-state index in [2.05, 4.69) is 5.32 Å². The Hall–Kier alpha value is -2.24. The number of hydrogen-bond acceptors (Lipinski definition) is 4. The highest BCUT2D eigenvalue weighted by Gasteiger charge is 2.21. The number of nitrogens with zero attached hydrogens (tertiary/aromatic N) is 1. The molecule has 0 unspecified atom stereocenters. The van der Waals surface area contributed by atoms with Crippen LogP contribution >= 0.6 is 0 Å². The van der Waals surface area contributed by atoms with Gasteiger partial charge in [0, 0.05) is 19.2 Å². The van der Waals surface area contributed by atoms with E-state index in [4.69, 9.17) is 9.47 Å². The number of amides is 2. The first-order chi connectivity index (χ1) is 10.6. The first-order valence-electron chi connectivity index (χ1n) is 7.39. The Balaban J connectivity index is 2.84. The van der Waals surface area contributed by atoms with E-state index < -0.39 is 11.8 Å². The Bertz CT molecular complexity index is 511. The van der Waals surface area contributed by atoms with Crippen molar-refractivity contribution < 1.29 is 19.1 Å². The minimum atomic E-state index is -0.662. The van der Waals surface area contributed by atoms with Crippen LogP contribution in [0.4, 0.5) is 5.69 Å². The third-order valence-electron chi connectivity index (χ3n) is 3.13. The molecule has 0 aliphatic carbocycles. The minimum absolute atomic E-state index is 0.439. The fraction of sp³-hybridized carbons (Fsp3) is 0.500. The van der Waals surface area contributed by atoms with Crippen molar-refractivity contribution in [3.8, 4) is 11.5 Å². The molecule has 0 atom stereocenters. The number of rotatable bonds is 7. The summed E-state index contributed by atoms with van der Waals surface area (Å²) in [5.41, 5.74) is 0.439. The molecule has 0 saturated carbocycles. The van der Waals surface area contributed by atoms with Gasteiger partial charge in [-0.3, -0.25) is 9.59 Å². The van der Waals surface area contributed by atoms with Gasteiger partial charge in [0.1, 0.15) is 11.5 Å². The van der Waals surface area contributed by atoms with Gasteiger partial charge in [0.15, 0.2) is 0 Å². The molecule has 1 N–H and O–H groups in total. The number of nitrogens with one attached hydrogen (secondary N) is 1. The van der Waals surface area contributed by atoms with E-state index in [1.165, 1.54) is 7.11 Å². The Kier molecular flexibility index (Phi) is 7.22. The normalized spacial score (nSPS) is 10.0. The maximum atomic E-state index is 12.2. The summed E-state index contributed by atoms with van der Waals surface area (Å²) < 4.78 is 10.3. The quantitative estimate of drug-likeness (QED) is 0.785. The lowest BCUT2D eigenvalue weighted by Gasteiger charge is -2.21. The molecule has 0 heterocycles. The largest absolute Gasteiger partial charge is 0.497 e. The van der Waals surface area contributed by atoms with Gasteiger partial charge in [0.05, 0.1) is 19.9 Å². The molecule has 1 rings (SSSR count). The molecule has 0 aromatic heterocycles. The molecule has 0 fully saturated rings. The summed E-state index contributed by atoms with van der Waals surface area (Å²) in [6.45, 7) is 5.08. The molecule has 1 aromatic carbocycles. The minimum Gasteiger partial charge on any atom is -0.497 e. The zero-order chi connectivity index (χ0) is 16.5. The van der Waals surface area contributed by atoms with Gasteiger partial charge in [-0.05, 0) is 25.0 Å². The van der Waals surface area contributed by atoms with Crippen molar-refractivity contribution in [2.24, 2.45) is 0 Å². The van der Waals surface area contributed by atoms with E-state index in [9.17, 15) is 9.59 Å². The third kappa shape index (κ3) is 4.65. The Morgan fingerprint density at radius 2 is 1.73 bits per heavy atom. The Morgan fingerprint density at radius 1 is 1.09 bits per heavy atom. The fourth-order valence-electron chi connectivity index (χ4n) is 2.08. The van der Waals surface area contributed by atoms with E-state index in [0.29, 0.717) is 30.3 Å². The smallest absolute Gasteiger partial charge is 0.314 e. The molecule has 6 nitrogen and oxygen atoms in total. The van der Waals surface area contributed by atoms with Crippen molar-refractivity contribution in [1.82, 2.24) is 4.90 Å². The van der Waals surface area contributed by atoms with Gasteiger partial charge in [-0.1, -0.05) is 13.8 Å². The number of ether oxygens (including phenoxy) is 2. The van der Waals surface area contributed by atoms with Crippen LogP contribution in [0.25, 0.3) is 0 Å². The van der Waals surface area contributed by atoms with Gasteiger partial charge < -0.3 is 19.7 Å². The number of hydrogen-bond donors (Lipinski definition) is 1. The summed E-state index contributed by atoms with van der Waals surface area (Å²) >= 11 is 0. The zero-order valence-electron chi connectivity index (χ0n) is 13.6. The molecule has 1 aromatic rings. The maximum absolute atomic E-state index is 12.2. The van der Waals surface area contributed by atoms with Crippen LogP contribution in [0.3, 0.4) is 0 Å². The molecule has 0 radical (unpaired) electrons. The predicted octanol–water partition coefficient (Wildman–Crippen LogP) is 2.29. The first kappa shape index (κ1) is 17.8. The monoisotopic (exact) mass is 308 g/mol. The number of anilines is 1. The lowest BCUT2D eigenvalue weighted by molar-refractivity contribution is -0.143. The number of carbonyl (C=O) groups excluding carboxylic acids is 2. The molecule has 2 amide bonds. The molecule has 0 aliphatic heterocycles. The fourth-order valence-corrected chi connectivity index (χ4v) is 2.08. The average molecular weight is 308 g/mol. The molecule has 0 spiro atoms. The molecule has 0 bridgehead atoms. The number of methoxy groups -OCH3 is 2. The predicted molar refractivity (Wildman–Crippen MR) is 85.3 cm³/mol. The van der Waals surface area contributed by atoms with Crippen LogP contribution in [0, 0.1) is 0 Å². The topological polar surface area (TPSA) is 67.9 Å². The van der Waals surface area contributed by atoms with Crippen LogP contribution < -0.4 is 14.8 Å². The summed E-state index contributed by atoms with van der Waals surface area (Å²) in [5, 5.41) is 2.60. The second-order valence-corrected chi connectivity index (χ2v) is 4.81. The van der Waals surface area contributed by atoms with E-state index in [-0.39, 0.29) is 0 Å². The van der Waals surface area contributed by atoms with Crippen molar-refractivity contribution in [2.75, 3.05) is 32.6 Å². The van der Waals surface area contributed by atoms with Crippen LogP contribution in [-0.2, 0) is 9.59 Å². The molecular formula is C16H24N2O4. The van der Waals surface area contributed by atoms with Gasteiger partial charge in [0.2, 0.25) is 0 Å². The third-order valence-corrected chi connectivity index (χ3v) is 3.13. The number of benzene rings is 1. The van der Waals surface area contributed by atoms with Gasteiger partial charge in [-0.2, -0.15) is 0 Å². The first-order valence-corrected chi connectivity index (χ1v) is 7.39. The highest BCUT2D eigenvalue weighted by atomic mass is 16.5. The van der Waals surface area contributed by atoms with Crippen LogP contribution in [0.1, 0.15) is 26.7 Å². The van der Waals surface area contributed by atoms with Gasteiger partial charge >= 0.3 is 11.8 Å². The second-order valence-electron chi connectivity index (χ2n) is 4.81. The molecular weight excluding hydrogens is 284 g/mol. The summed E-state index contributed by atoms with van der Waals surface area (Å²) in [4.78, 5) is 25.9. The van der Waals surface area contributed by atoms with E-state index in [1.54, 1.807) is 30.2 Å². The van der Waals surface area contributed by atoms with Crippen molar-refractivity contribution in [2.45, 2.75) is 26.7 Å². The second kappa shape index (κ2) is 8.92. The van der Waals surface area contributed by atoms with Crippen LogP contribution in [-0.4, -0.2) is 44.0 Å². The summed E-state index contributed by atoms with van der Waals surface area (Å²) in [5.74, 6) is -0.135. The summed E-state index contributed by atoms with van der Waals surface area (Å²) in [7, 11) is 3.04. The van der Waals surface area contributed by atoms with Crippen LogP contribution in [0.15, 0.2) is 18.2 Å². The molecule has 122 valence electrons. The van der Waals surface area contributed by atoms with Gasteiger partial charge in [-0.25, -0.2) is 0 Å². The van der Waals surface area contributed by atoms with Crippen molar-refractivity contribution in [1.29, 1.82) is 0 Å². The zero-order valence-corrected chi connectivity index (χ0v) is 13.6. The van der Waals surface area contributed by atoms with E-state index >= 15 is 0 Å². The lowest BCUT2D eigenvalue weighted by atomic mass is 10.2. The molecule has 0 aliphatic rings. The average Bonchev–Trinajstić information content (AvgIpc) is 2.54. The van der Waals surface area contributed by atoms with Crippen molar-refractivity contribution >= 4 is 17.5 Å². The molecule has 6 heteroatoms. The van der Waals surface area contributed by atoms with Crippen LogP contribution in [0.5, 0.6) is 11.5 Å². The van der Waals surface area contributed by atoms with Crippen molar-refractivity contribution in [3.05, 3.63) is 18.2 Å². The molecule has 22 heavy (non-hydrogen) atoms. The van der Waals surface area contributed by atoms with E-state index in [0.717, 1.165) is 12.8 Å². The Labute approximate surface area is 131 Å². The molecule has 0 saturated heterocycles. The van der Waals surface area contributed by atoms with Crippen molar-refractivity contribution in [3.63, 3.8) is 0 Å². The highest BCUT2D eigenvalue weighted by molar-refractivity contribution is 6.39. The Morgan fingerprint density at radius 3 is 2.23 bits per heavy atom.